The van der Waals surface area contributed by atoms with Gasteiger partial charge >= 0.3 is 0 Å². The van der Waals surface area contributed by atoms with Crippen molar-refractivity contribution in [2.24, 2.45) is 45.3 Å². The smallest absolute Gasteiger partial charge is 0.158 e. The van der Waals surface area contributed by atoms with Crippen molar-refractivity contribution in [3.8, 4) is 0 Å². The van der Waals surface area contributed by atoms with Crippen molar-refractivity contribution in [1.29, 1.82) is 0 Å². The lowest BCUT2D eigenvalue weighted by Gasteiger charge is -2.62. The summed E-state index contributed by atoms with van der Waals surface area (Å²) in [7, 11) is 0. The second-order valence-electron chi connectivity index (χ2n) is 44.3. The first-order chi connectivity index (χ1) is 71.3. The average Bonchev–Trinajstić information content (AvgIpc) is 1.49. The number of hydrogen-bond donors (Lipinski definition) is 0. The molecule has 24 rings (SSSR count). The molecule has 8 atom stereocenters. The van der Waals surface area contributed by atoms with Crippen LogP contribution in [0.2, 0.25) is 0 Å². The number of furan rings is 2. The second kappa shape index (κ2) is 35.0. The number of benzene rings is 9. The monoisotopic (exact) mass is 1800 g/mol. The molecule has 3 aromatic heterocycles. The Hall–Kier alpha value is -9.47. The van der Waals surface area contributed by atoms with Gasteiger partial charge in [-0.1, -0.05) is 238 Å². The Morgan fingerprint density at radius 1 is 0.323 bits per heavy atom. The first-order valence-corrected chi connectivity index (χ1v) is 50.1. The highest BCUT2D eigenvalue weighted by atomic mass is 16.3. The first kappa shape index (κ1) is 72.0. The Bertz CT molecular complexity index is 6990. The van der Waals surface area contributed by atoms with Crippen molar-refractivity contribution in [2.45, 2.75) is 371 Å². The molecule has 3 spiro atoms. The van der Waals surface area contributed by atoms with E-state index >= 15 is 0 Å². The molecule has 6 aliphatic carbocycles. The van der Waals surface area contributed by atoms with Gasteiger partial charge in [-0.3, -0.25) is 0 Å². The standard InChI is InChI=1S/C25H31NO.C23H33N.C22H27NO.C19H29N.C18H21N.C17H20N2/c1-17-12-13-20-19-10-6-7-11-21(19)27-23(20)22(17)26-18(2)25(16-24(26,3)4)14-8-5-9-15-25;1-15-7-5-6-8-21(15)24-16(2)23(14-22(24,3)4)19-10-17-9-18(12-19)13-20(23)11-17;1-14-11-12-17-16-9-7-8-10-18(16)24-20(17)19(14)23-15(2)21(3,4)13-22(23,5)6;1-15-10-6-7-11-17(15)20-16(2)19(14-18(20,3)4)12-8-5-9-13-19;1-13-9-5-7-11-16(13)19-14(2)18(3,4)15-10-6-8-12-17(15)19;1-12-8-5-6-10-15(12)19-13(2)17(3,4)14-9-7-11-18-16(14)19/h6-7,10-13,18H,5,8-9,14-16H2,1-4H3;5-8,16-20H,9-14H2,1-4H3;7-12,15H,13H2,1-6H3;6-7,10-11,16H,5,8-9,12-14H2,1-4H3;5-12,14H,1-4H3;5-11,13H,1-4H3/i16D2;14D2;3D3,4D3,13D2;14D2;2*3D3. The molecule has 0 radical (unpaired) electrons. The molecule has 9 aromatic carbocycles. The van der Waals surface area contributed by atoms with Crippen LogP contribution in [0.15, 0.2) is 221 Å². The molecule has 10 fully saturated rings. The van der Waals surface area contributed by atoms with Crippen molar-refractivity contribution < 1.29 is 36.2 Å². The van der Waals surface area contributed by atoms with Crippen LogP contribution in [0.5, 0.6) is 0 Å². The van der Waals surface area contributed by atoms with Gasteiger partial charge in [-0.2, -0.15) is 0 Å². The third kappa shape index (κ3) is 16.1. The predicted octanol–water partition coefficient (Wildman–Crippen LogP) is 33.7. The number of hydrogen-bond acceptors (Lipinski definition) is 9. The summed E-state index contributed by atoms with van der Waals surface area (Å²) in [5.41, 5.74) is 10.2. The summed E-state index contributed by atoms with van der Waals surface area (Å²) in [6.45, 7) is 33.9. The molecule has 8 unspecified atom stereocenters. The van der Waals surface area contributed by atoms with Crippen LogP contribution in [-0.2, 0) is 10.8 Å². The quantitative estimate of drug-likeness (QED) is 0.162. The van der Waals surface area contributed by atoms with Gasteiger partial charge in [0.2, 0.25) is 0 Å². The number of aromatic nitrogens is 1. The van der Waals surface area contributed by atoms with Crippen molar-refractivity contribution >= 4 is 89.5 Å². The Morgan fingerprint density at radius 2 is 0.699 bits per heavy atom. The first-order valence-electron chi connectivity index (χ1n) is 60.1. The number of fused-ring (bicyclic) bond motifs is 8. The summed E-state index contributed by atoms with van der Waals surface area (Å²) >= 11 is 0. The largest absolute Gasteiger partial charge is 0.454 e. The minimum atomic E-state index is -3.08. The molecular weight excluding hydrogens is 1620 g/mol. The van der Waals surface area contributed by atoms with Gasteiger partial charge in [0, 0.05) is 158 Å². The minimum Gasteiger partial charge on any atom is -0.454 e. The Morgan fingerprint density at radius 3 is 1.17 bits per heavy atom. The van der Waals surface area contributed by atoms with Gasteiger partial charge in [0.15, 0.2) is 11.2 Å². The van der Waals surface area contributed by atoms with E-state index in [0.717, 1.165) is 145 Å². The van der Waals surface area contributed by atoms with Gasteiger partial charge in [0.05, 0.1) is 11.4 Å². The van der Waals surface area contributed by atoms with E-state index in [1.165, 1.54) is 87.2 Å². The molecule has 0 N–H and O–H groups in total. The molecule has 6 saturated carbocycles. The van der Waals surface area contributed by atoms with E-state index in [9.17, 15) is 5.48 Å². The van der Waals surface area contributed by atoms with Gasteiger partial charge in [0.25, 0.3) is 0 Å². The van der Waals surface area contributed by atoms with Crippen molar-refractivity contribution in [2.75, 3.05) is 29.4 Å². The maximum atomic E-state index is 9.52. The topological polar surface area (TPSA) is 58.6 Å². The maximum Gasteiger partial charge on any atom is 0.158 e. The lowest BCUT2D eigenvalue weighted by atomic mass is 9.43. The number of anilines is 8. The molecule has 133 heavy (non-hydrogen) atoms. The van der Waals surface area contributed by atoms with E-state index in [-0.39, 0.29) is 46.5 Å². The highest BCUT2D eigenvalue weighted by Crippen LogP contribution is 2.70. The van der Waals surface area contributed by atoms with E-state index in [1.54, 1.807) is 24.9 Å². The van der Waals surface area contributed by atoms with Crippen LogP contribution in [0.1, 0.15) is 332 Å². The van der Waals surface area contributed by atoms with Crippen molar-refractivity contribution in [3.05, 3.63) is 257 Å². The fourth-order valence-corrected chi connectivity index (χ4v) is 27.8. The molecule has 4 bridgehead atoms. The Balaban J connectivity index is 0.000000120. The number of aryl methyl sites for hydroxylation is 6. The molecule has 704 valence electrons. The predicted molar refractivity (Wildman–Crippen MR) is 568 cm³/mol. The molecule has 9 heterocycles. The van der Waals surface area contributed by atoms with Crippen LogP contribution in [0.25, 0.3) is 43.9 Å². The Kier molecular flexibility index (Phi) is 18.9. The number of rotatable bonds is 6. The maximum absolute atomic E-state index is 9.52. The van der Waals surface area contributed by atoms with Crippen LogP contribution in [-0.4, -0.2) is 63.4 Å². The average molecular weight is 1800 g/mol. The summed E-state index contributed by atoms with van der Waals surface area (Å²) in [6, 6.07) is 67.7. The van der Waals surface area contributed by atoms with Crippen LogP contribution in [0.3, 0.4) is 0 Å². The SMILES string of the molecule is [2H]C([2H])([2H])C1(C([2H])([2H])[2H])C(C)N(c2c(C)ccc3c2oc2ccccc23)C(C)(C)C1([2H])[2H].[2H]C([2H])([2H])C1(C)c2ccccc2N(c2ccccc2C)C1C.[2H]C([2H])([2H])C1(C)c2cccnc2N(c2ccccc2C)C1C.[2H]C1([2H])C2(C3CC4CC(C3)CC2C4)C(C)N(c2ccccc2C)C1(C)C.[2H]C1([2H])C2(CCCCC2)C(C)N(c2c(C)ccc3c2oc2ccccc23)C1(C)C.[2H]C1([2H])C2(CCCCC2)C(C)N(c2ccccc2C)C1(C)C. The number of para-hydroxylation sites is 7. The molecule has 9 nitrogen and oxygen atoms in total. The molecule has 12 aliphatic rings. The lowest BCUT2D eigenvalue weighted by Crippen LogP contribution is -2.57. The molecule has 6 aliphatic heterocycles. The van der Waals surface area contributed by atoms with E-state index in [0.29, 0.717) is 28.7 Å². The summed E-state index contributed by atoms with van der Waals surface area (Å²) in [5.74, 6) is 3.64. The van der Waals surface area contributed by atoms with Crippen molar-refractivity contribution in [1.82, 2.24) is 4.98 Å². The van der Waals surface area contributed by atoms with Crippen LogP contribution in [0.4, 0.5) is 45.6 Å². The number of pyridine rings is 1. The molecule has 0 amide bonds. The lowest BCUT2D eigenvalue weighted by molar-refractivity contribution is -0.113. The van der Waals surface area contributed by atoms with Gasteiger partial charge in [-0.25, -0.2) is 4.98 Å². The highest BCUT2D eigenvalue weighted by Gasteiger charge is 2.66. The fraction of sp³-hybridized carbons (Fsp3) is 0.524. The summed E-state index contributed by atoms with van der Waals surface area (Å²) < 4.78 is 184. The third-order valence-electron chi connectivity index (χ3n) is 34.2. The van der Waals surface area contributed by atoms with Crippen LogP contribution < -0.4 is 29.4 Å². The Labute approximate surface area is 829 Å². The molecular formula is C124H161N7O2. The van der Waals surface area contributed by atoms with Crippen molar-refractivity contribution in [3.63, 3.8) is 0 Å². The van der Waals surface area contributed by atoms with Gasteiger partial charge in [-0.15, -0.1) is 0 Å². The van der Waals surface area contributed by atoms with E-state index in [4.69, 9.17) is 30.8 Å². The zero-order valence-corrected chi connectivity index (χ0v) is 83.5. The third-order valence-corrected chi connectivity index (χ3v) is 34.2. The molecule has 9 heteroatoms. The zero-order chi connectivity index (χ0) is 112. The zero-order valence-electron chi connectivity index (χ0n) is 104. The van der Waals surface area contributed by atoms with Gasteiger partial charge < -0.3 is 38.2 Å². The van der Waals surface area contributed by atoms with Crippen LogP contribution >= 0.6 is 0 Å². The van der Waals surface area contributed by atoms with E-state index in [2.05, 4.69) is 204 Å². The second-order valence-corrected chi connectivity index (χ2v) is 44.3. The molecule has 12 aromatic rings. The fourth-order valence-electron chi connectivity index (χ4n) is 27.8. The normalized spacial score (nSPS) is 32.8. The number of nitrogens with zero attached hydrogens (tertiary/aromatic N) is 7. The molecule has 4 saturated heterocycles. The van der Waals surface area contributed by atoms with E-state index in [1.807, 2.05) is 163 Å². The minimum absolute atomic E-state index is 0.116. The van der Waals surface area contributed by atoms with Gasteiger partial charge in [-0.05, 0) is 355 Å². The van der Waals surface area contributed by atoms with Crippen LogP contribution in [0, 0.1) is 86.9 Å². The summed E-state index contributed by atoms with van der Waals surface area (Å²) in [4.78, 5) is 17.6. The van der Waals surface area contributed by atoms with E-state index < -0.39 is 97.3 Å². The summed E-state index contributed by atoms with van der Waals surface area (Å²) in [5, 5.41) is 3.94. The highest BCUT2D eigenvalue weighted by molar-refractivity contribution is 6.11. The summed E-state index contributed by atoms with van der Waals surface area (Å²) in [6.07, 6.45) is 13.1. The van der Waals surface area contributed by atoms with Gasteiger partial charge in [0.1, 0.15) is 17.0 Å².